The quantitative estimate of drug-likeness (QED) is 0.322. The van der Waals surface area contributed by atoms with Crippen molar-refractivity contribution >= 4 is 17.4 Å². The van der Waals surface area contributed by atoms with Gasteiger partial charge >= 0.3 is 0 Å². The first-order valence-corrected chi connectivity index (χ1v) is 12.0. The summed E-state index contributed by atoms with van der Waals surface area (Å²) in [7, 11) is 3.06. The summed E-state index contributed by atoms with van der Waals surface area (Å²) < 4.78 is 21.9. The number of benzene rings is 2. The Balaban J connectivity index is 1.78. The molecule has 1 amide bonds. The van der Waals surface area contributed by atoms with Crippen molar-refractivity contribution in [2.24, 2.45) is 0 Å². The normalized spacial score (nSPS) is 20.0. The zero-order valence-corrected chi connectivity index (χ0v) is 20.9. The van der Waals surface area contributed by atoms with Crippen LogP contribution >= 0.6 is 0 Å². The zero-order chi connectivity index (χ0) is 25.7. The summed E-state index contributed by atoms with van der Waals surface area (Å²) in [5.41, 5.74) is 1.06. The number of carbonyl (C=O) groups is 2. The van der Waals surface area contributed by atoms with Crippen LogP contribution in [0.5, 0.6) is 17.2 Å². The van der Waals surface area contributed by atoms with E-state index in [0.29, 0.717) is 61.3 Å². The highest BCUT2D eigenvalue weighted by Gasteiger charge is 2.46. The van der Waals surface area contributed by atoms with E-state index in [1.807, 2.05) is 6.92 Å². The second-order valence-electron chi connectivity index (χ2n) is 8.52. The maximum absolute atomic E-state index is 13.3. The number of ether oxygens (including phenoxy) is 4. The number of morpholine rings is 1. The monoisotopic (exact) mass is 496 g/mol. The fourth-order valence-electron chi connectivity index (χ4n) is 4.59. The van der Waals surface area contributed by atoms with Gasteiger partial charge in [0.15, 0.2) is 11.5 Å². The molecule has 2 aliphatic heterocycles. The molecule has 2 aromatic rings. The third kappa shape index (κ3) is 5.17. The van der Waals surface area contributed by atoms with E-state index in [2.05, 4.69) is 4.90 Å². The number of likely N-dealkylation sites (tertiary alicyclic amines) is 1. The Bertz CT molecular complexity index is 1140. The number of carbonyl (C=O) groups excluding carboxylic acids is 2. The molecule has 0 radical (unpaired) electrons. The molecule has 1 atom stereocenters. The summed E-state index contributed by atoms with van der Waals surface area (Å²) in [4.78, 5) is 30.3. The topological polar surface area (TPSA) is 97.8 Å². The standard InChI is InChI=1S/C27H32N2O7/c1-4-36-21-9-8-18(17-22(21)34-3)24-23(25(30)19-6-5-7-20(16-19)33-2)26(31)27(32)29(24)11-10-28-12-14-35-15-13-28/h5-9,16-17,24,30H,4,10-15H2,1-3H3/b25-23+. The summed E-state index contributed by atoms with van der Waals surface area (Å²) in [5.74, 6) is -0.0594. The summed E-state index contributed by atoms with van der Waals surface area (Å²) in [5, 5.41) is 11.3. The second kappa shape index (κ2) is 11.5. The van der Waals surface area contributed by atoms with E-state index in [1.54, 1.807) is 42.5 Å². The van der Waals surface area contributed by atoms with Crippen LogP contribution in [0.25, 0.3) is 5.76 Å². The van der Waals surface area contributed by atoms with Gasteiger partial charge in [0.05, 0.1) is 45.7 Å². The lowest BCUT2D eigenvalue weighted by molar-refractivity contribution is -0.140. The first-order valence-electron chi connectivity index (χ1n) is 12.0. The number of ketones is 1. The number of methoxy groups -OCH3 is 2. The molecular weight excluding hydrogens is 464 g/mol. The SMILES string of the molecule is CCOc1ccc(C2/C(=C(\O)c3cccc(OC)c3)C(=O)C(=O)N2CCN2CCOCC2)cc1OC. The Labute approximate surface area is 210 Å². The third-order valence-electron chi connectivity index (χ3n) is 6.45. The van der Waals surface area contributed by atoms with Gasteiger partial charge in [-0.15, -0.1) is 0 Å². The zero-order valence-electron chi connectivity index (χ0n) is 20.9. The van der Waals surface area contributed by atoms with E-state index < -0.39 is 17.7 Å². The molecule has 9 heteroatoms. The van der Waals surface area contributed by atoms with Gasteiger partial charge in [0.1, 0.15) is 11.5 Å². The number of aliphatic hydroxyl groups excluding tert-OH is 1. The van der Waals surface area contributed by atoms with Crippen LogP contribution in [-0.2, 0) is 14.3 Å². The number of nitrogens with zero attached hydrogens (tertiary/aromatic N) is 2. The minimum atomic E-state index is -0.790. The maximum Gasteiger partial charge on any atom is 0.295 e. The Hall–Kier alpha value is -3.56. The van der Waals surface area contributed by atoms with Crippen molar-refractivity contribution in [3.05, 3.63) is 59.2 Å². The third-order valence-corrected chi connectivity index (χ3v) is 6.45. The Morgan fingerprint density at radius 1 is 1.03 bits per heavy atom. The van der Waals surface area contributed by atoms with E-state index in [9.17, 15) is 14.7 Å². The minimum absolute atomic E-state index is 0.0291. The van der Waals surface area contributed by atoms with Crippen LogP contribution in [0, 0.1) is 0 Å². The molecule has 0 bridgehead atoms. The molecule has 2 aliphatic rings. The average molecular weight is 497 g/mol. The number of aliphatic hydroxyl groups is 1. The summed E-state index contributed by atoms with van der Waals surface area (Å²) >= 11 is 0. The molecule has 0 aromatic heterocycles. The Morgan fingerprint density at radius 3 is 2.50 bits per heavy atom. The summed E-state index contributed by atoms with van der Waals surface area (Å²) in [6, 6.07) is 11.3. The number of rotatable bonds is 9. The smallest absolute Gasteiger partial charge is 0.295 e. The van der Waals surface area contributed by atoms with Gasteiger partial charge < -0.3 is 29.0 Å². The van der Waals surface area contributed by atoms with E-state index in [0.717, 1.165) is 13.1 Å². The van der Waals surface area contributed by atoms with Crippen LogP contribution in [-0.4, -0.2) is 86.8 Å². The number of hydrogen-bond donors (Lipinski definition) is 1. The van der Waals surface area contributed by atoms with E-state index in [4.69, 9.17) is 18.9 Å². The van der Waals surface area contributed by atoms with Crippen LogP contribution in [0.3, 0.4) is 0 Å². The molecule has 0 saturated carbocycles. The molecule has 9 nitrogen and oxygen atoms in total. The fraction of sp³-hybridized carbons (Fsp3) is 0.407. The second-order valence-corrected chi connectivity index (χ2v) is 8.52. The van der Waals surface area contributed by atoms with E-state index >= 15 is 0 Å². The van der Waals surface area contributed by atoms with Crippen LogP contribution < -0.4 is 14.2 Å². The lowest BCUT2D eigenvalue weighted by Crippen LogP contribution is -2.42. The van der Waals surface area contributed by atoms with Crippen LogP contribution in [0.2, 0.25) is 0 Å². The Kier molecular flexibility index (Phi) is 8.12. The van der Waals surface area contributed by atoms with Gasteiger partial charge in [0.25, 0.3) is 11.7 Å². The van der Waals surface area contributed by atoms with Gasteiger partial charge in [-0.05, 0) is 36.8 Å². The highest BCUT2D eigenvalue weighted by atomic mass is 16.5. The predicted octanol–water partition coefficient (Wildman–Crippen LogP) is 2.86. The van der Waals surface area contributed by atoms with Gasteiger partial charge in [-0.1, -0.05) is 18.2 Å². The number of hydrogen-bond acceptors (Lipinski definition) is 8. The molecule has 2 heterocycles. The van der Waals surface area contributed by atoms with Crippen molar-refractivity contribution < 1.29 is 33.6 Å². The minimum Gasteiger partial charge on any atom is -0.507 e. The predicted molar refractivity (Wildman–Crippen MR) is 133 cm³/mol. The van der Waals surface area contributed by atoms with E-state index in [1.165, 1.54) is 19.1 Å². The van der Waals surface area contributed by atoms with Crippen molar-refractivity contribution in [1.82, 2.24) is 9.80 Å². The van der Waals surface area contributed by atoms with Crippen molar-refractivity contribution in [3.8, 4) is 17.2 Å². The lowest BCUT2D eigenvalue weighted by Gasteiger charge is -2.31. The first kappa shape index (κ1) is 25.5. The molecule has 2 aromatic carbocycles. The fourth-order valence-corrected chi connectivity index (χ4v) is 4.59. The van der Waals surface area contributed by atoms with Gasteiger partial charge in [-0.3, -0.25) is 14.5 Å². The molecule has 0 spiro atoms. The molecule has 1 unspecified atom stereocenters. The van der Waals surface area contributed by atoms with Gasteiger partial charge in [0, 0.05) is 31.7 Å². The summed E-state index contributed by atoms with van der Waals surface area (Å²) in [6.07, 6.45) is 0. The molecule has 4 rings (SSSR count). The summed E-state index contributed by atoms with van der Waals surface area (Å²) in [6.45, 7) is 6.03. The van der Waals surface area contributed by atoms with Crippen molar-refractivity contribution in [2.75, 3.05) is 60.2 Å². The molecule has 1 N–H and O–H groups in total. The molecule has 2 saturated heterocycles. The van der Waals surface area contributed by atoms with Gasteiger partial charge in [-0.25, -0.2) is 0 Å². The van der Waals surface area contributed by atoms with Crippen molar-refractivity contribution in [2.45, 2.75) is 13.0 Å². The molecular formula is C27H32N2O7. The first-order chi connectivity index (χ1) is 17.5. The average Bonchev–Trinajstić information content (AvgIpc) is 3.17. The van der Waals surface area contributed by atoms with Gasteiger partial charge in [-0.2, -0.15) is 0 Å². The number of Topliss-reactive ketones (excluding diaryl/α,β-unsaturated/α-hetero) is 1. The Morgan fingerprint density at radius 2 is 1.81 bits per heavy atom. The molecule has 0 aliphatic carbocycles. The maximum atomic E-state index is 13.3. The van der Waals surface area contributed by atoms with Crippen molar-refractivity contribution in [3.63, 3.8) is 0 Å². The van der Waals surface area contributed by atoms with E-state index in [-0.39, 0.29) is 11.3 Å². The highest BCUT2D eigenvalue weighted by Crippen LogP contribution is 2.42. The van der Waals surface area contributed by atoms with Crippen LogP contribution in [0.15, 0.2) is 48.0 Å². The largest absolute Gasteiger partial charge is 0.507 e. The highest BCUT2D eigenvalue weighted by molar-refractivity contribution is 6.46. The molecule has 36 heavy (non-hydrogen) atoms. The van der Waals surface area contributed by atoms with Crippen LogP contribution in [0.1, 0.15) is 24.1 Å². The lowest BCUT2D eigenvalue weighted by atomic mass is 9.95. The molecule has 2 fully saturated rings. The van der Waals surface area contributed by atoms with Gasteiger partial charge in [0.2, 0.25) is 0 Å². The number of amides is 1. The molecule has 192 valence electrons. The van der Waals surface area contributed by atoms with Crippen LogP contribution in [0.4, 0.5) is 0 Å². The van der Waals surface area contributed by atoms with Crippen molar-refractivity contribution in [1.29, 1.82) is 0 Å².